The van der Waals surface area contributed by atoms with Gasteiger partial charge in [0.2, 0.25) is 0 Å². The molecule has 0 aliphatic heterocycles. The molecule has 3 N–H and O–H groups in total. The van der Waals surface area contributed by atoms with Gasteiger partial charge >= 0.3 is 40.4 Å². The fourth-order valence-corrected chi connectivity index (χ4v) is 0. The van der Waals surface area contributed by atoms with Crippen LogP contribution in [-0.2, 0) is 0 Å². The number of hydrogen-bond donors (Lipinski definition) is 0. The SMILES string of the molecule is [OH-].[OH-].[OH-].[Pm+3]. The predicted molar refractivity (Wildman–Crippen MR) is 5.81 cm³/mol. The third kappa shape index (κ3) is 10.7. The van der Waals surface area contributed by atoms with Crippen LogP contribution in [0.1, 0.15) is 0 Å². The van der Waals surface area contributed by atoms with Crippen molar-refractivity contribution in [2.24, 2.45) is 0 Å². The first-order valence-electron chi connectivity index (χ1n) is 0. The predicted octanol–water partition coefficient (Wildman–Crippen LogP) is -0.530. The second-order valence-corrected chi connectivity index (χ2v) is 0. The second kappa shape index (κ2) is 29.5. The van der Waals surface area contributed by atoms with Gasteiger partial charge in [-0.05, 0) is 0 Å². The van der Waals surface area contributed by atoms with Crippen LogP contribution in [0, 0.1) is 40.4 Å². The summed E-state index contributed by atoms with van der Waals surface area (Å²) >= 11 is 0. The van der Waals surface area contributed by atoms with Gasteiger partial charge in [0.05, 0.1) is 0 Å². The molecule has 0 aliphatic rings. The normalized spacial score (nSPS) is 0. The molecule has 26 valence electrons. The van der Waals surface area contributed by atoms with E-state index in [9.17, 15) is 0 Å². The molecule has 0 spiro atoms. The van der Waals surface area contributed by atoms with Crippen molar-refractivity contribution in [1.82, 2.24) is 0 Å². The first-order chi connectivity index (χ1) is 0. The zero-order valence-electron chi connectivity index (χ0n) is 1.79. The Bertz CT molecular complexity index is 3.25. The Morgan fingerprint density at radius 1 is 0.500 bits per heavy atom. The second-order valence-electron chi connectivity index (χ2n) is 0. The Hall–Kier alpha value is 1.22. The van der Waals surface area contributed by atoms with Crippen LogP contribution in [0.25, 0.3) is 0 Å². The minimum Gasteiger partial charge on any atom is -0.870 e. The first-order valence-corrected chi connectivity index (χ1v) is 0. The minimum atomic E-state index is 0. The Morgan fingerprint density at radius 3 is 0.500 bits per heavy atom. The van der Waals surface area contributed by atoms with Crippen molar-refractivity contribution >= 4 is 0 Å². The monoisotopic (exact) mass is 196 g/mol. The molecule has 0 atom stereocenters. The average molecular weight is 196 g/mol. The molecular formula is H3O3Pm. The summed E-state index contributed by atoms with van der Waals surface area (Å²) < 4.78 is 0. The summed E-state index contributed by atoms with van der Waals surface area (Å²) in [5.41, 5.74) is 0. The maximum absolute atomic E-state index is 0. The number of hydrogen-bond acceptors (Lipinski definition) is 3. The molecule has 0 radical (unpaired) electrons. The Balaban J connectivity index is 0. The maximum Gasteiger partial charge on any atom is 3.00 e. The standard InChI is InChI=1S/3H2O.Pm/h3*1H2;/q;;;+3/p-3. The topological polar surface area (TPSA) is 90.0 Å². The van der Waals surface area contributed by atoms with Gasteiger partial charge in [0.25, 0.3) is 0 Å². The molecule has 0 bridgehead atoms. The minimum absolute atomic E-state index is 0. The molecule has 0 rings (SSSR count). The van der Waals surface area contributed by atoms with E-state index in [0.29, 0.717) is 0 Å². The molecule has 0 aromatic rings. The van der Waals surface area contributed by atoms with Gasteiger partial charge in [-0.15, -0.1) is 0 Å². The first kappa shape index (κ1) is 62.6. The molecular weight excluding hydrogens is 193 g/mol. The van der Waals surface area contributed by atoms with Gasteiger partial charge in [0.1, 0.15) is 0 Å². The van der Waals surface area contributed by atoms with Crippen LogP contribution in [0.2, 0.25) is 0 Å². The van der Waals surface area contributed by atoms with Gasteiger partial charge in [-0.3, -0.25) is 0 Å². The van der Waals surface area contributed by atoms with Gasteiger partial charge < -0.3 is 16.4 Å². The van der Waals surface area contributed by atoms with E-state index >= 15 is 0 Å². The van der Waals surface area contributed by atoms with E-state index in [2.05, 4.69) is 0 Å². The quantitative estimate of drug-likeness (QED) is 0.521. The molecule has 0 aliphatic carbocycles. The third-order valence-electron chi connectivity index (χ3n) is 0. The van der Waals surface area contributed by atoms with Gasteiger partial charge in [0, 0.05) is 0 Å². The molecule has 0 saturated carbocycles. The van der Waals surface area contributed by atoms with Gasteiger partial charge in [-0.1, -0.05) is 0 Å². The summed E-state index contributed by atoms with van der Waals surface area (Å²) in [6.45, 7) is 0. The van der Waals surface area contributed by atoms with Gasteiger partial charge in [0.15, 0.2) is 0 Å². The molecule has 0 unspecified atom stereocenters. The summed E-state index contributed by atoms with van der Waals surface area (Å²) in [7, 11) is 0. The summed E-state index contributed by atoms with van der Waals surface area (Å²) in [5, 5.41) is 0. The van der Waals surface area contributed by atoms with Crippen LogP contribution >= 0.6 is 0 Å². The molecule has 0 heterocycles. The molecule has 0 aromatic carbocycles. The summed E-state index contributed by atoms with van der Waals surface area (Å²) in [6.07, 6.45) is 0. The third-order valence-corrected chi connectivity index (χ3v) is 0. The van der Waals surface area contributed by atoms with E-state index < -0.39 is 0 Å². The number of rotatable bonds is 0. The van der Waals surface area contributed by atoms with Crippen molar-refractivity contribution in [3.8, 4) is 0 Å². The molecule has 0 saturated heterocycles. The molecule has 3 nitrogen and oxygen atoms in total. The van der Waals surface area contributed by atoms with Crippen LogP contribution in [0.5, 0.6) is 0 Å². The average Bonchev–Trinajstić information content (AvgIpc) is 0. The van der Waals surface area contributed by atoms with Gasteiger partial charge in [-0.25, -0.2) is 0 Å². The van der Waals surface area contributed by atoms with E-state index in [0.717, 1.165) is 0 Å². The molecule has 0 fully saturated rings. The van der Waals surface area contributed by atoms with Gasteiger partial charge in [-0.2, -0.15) is 0 Å². The van der Waals surface area contributed by atoms with Crippen LogP contribution in [0.4, 0.5) is 0 Å². The summed E-state index contributed by atoms with van der Waals surface area (Å²) in [6, 6.07) is 0. The Labute approximate surface area is 56.4 Å². The Morgan fingerprint density at radius 2 is 0.500 bits per heavy atom. The van der Waals surface area contributed by atoms with Crippen molar-refractivity contribution in [3.05, 3.63) is 0 Å². The fourth-order valence-electron chi connectivity index (χ4n) is 0. The van der Waals surface area contributed by atoms with E-state index in [4.69, 9.17) is 0 Å². The van der Waals surface area contributed by atoms with E-state index in [1.165, 1.54) is 0 Å². The van der Waals surface area contributed by atoms with Crippen LogP contribution < -0.4 is 0 Å². The largest absolute Gasteiger partial charge is 3.00 e. The van der Waals surface area contributed by atoms with Crippen molar-refractivity contribution < 1.29 is 56.8 Å². The fraction of sp³-hybridized carbons (Fsp3) is 0. The maximum atomic E-state index is 0. The van der Waals surface area contributed by atoms with Crippen molar-refractivity contribution in [2.45, 2.75) is 0 Å². The summed E-state index contributed by atoms with van der Waals surface area (Å²) in [4.78, 5) is 0. The smallest absolute Gasteiger partial charge is 0.870 e. The van der Waals surface area contributed by atoms with Crippen LogP contribution in [0.3, 0.4) is 0 Å². The van der Waals surface area contributed by atoms with Crippen LogP contribution in [0.15, 0.2) is 0 Å². The zero-order valence-corrected chi connectivity index (χ0v) is 4.66. The molecule has 0 amide bonds. The van der Waals surface area contributed by atoms with E-state index in [-0.39, 0.29) is 56.8 Å². The zero-order chi connectivity index (χ0) is 0. The van der Waals surface area contributed by atoms with E-state index in [1.807, 2.05) is 0 Å². The Kier molecular flexibility index (Phi) is 461. The van der Waals surface area contributed by atoms with Crippen molar-refractivity contribution in [1.29, 1.82) is 0 Å². The molecule has 4 heteroatoms. The van der Waals surface area contributed by atoms with Crippen molar-refractivity contribution in [2.75, 3.05) is 0 Å². The van der Waals surface area contributed by atoms with Crippen molar-refractivity contribution in [3.63, 3.8) is 0 Å². The summed E-state index contributed by atoms with van der Waals surface area (Å²) in [5.74, 6) is 0. The molecule has 0 aromatic heterocycles. The van der Waals surface area contributed by atoms with E-state index in [1.54, 1.807) is 0 Å². The van der Waals surface area contributed by atoms with Crippen LogP contribution in [-0.4, -0.2) is 16.4 Å². The molecule has 4 heavy (non-hydrogen) atoms.